The summed E-state index contributed by atoms with van der Waals surface area (Å²) in [7, 11) is 1.86. The summed E-state index contributed by atoms with van der Waals surface area (Å²) in [6.07, 6.45) is 2.69. The predicted molar refractivity (Wildman–Crippen MR) is 99.5 cm³/mol. The van der Waals surface area contributed by atoms with Gasteiger partial charge in [-0.3, -0.25) is 9.48 Å². The van der Waals surface area contributed by atoms with Gasteiger partial charge in [-0.2, -0.15) is 5.10 Å². The maximum Gasteiger partial charge on any atom is 0.225 e. The Labute approximate surface area is 149 Å². The summed E-state index contributed by atoms with van der Waals surface area (Å²) in [4.78, 5) is 12.2. The van der Waals surface area contributed by atoms with Gasteiger partial charge in [0.1, 0.15) is 5.82 Å². The first-order valence-electron chi connectivity index (χ1n) is 8.24. The van der Waals surface area contributed by atoms with E-state index < -0.39 is 0 Å². The molecule has 2 heterocycles. The number of anilines is 1. The van der Waals surface area contributed by atoms with Crippen molar-refractivity contribution in [1.82, 2.24) is 15.1 Å². The smallest absolute Gasteiger partial charge is 0.225 e. The van der Waals surface area contributed by atoms with Crippen LogP contribution in [-0.4, -0.2) is 28.8 Å². The molecule has 1 unspecified atom stereocenters. The standard InChI is InChI=1S/C18H24N4O.ClH/c1-13-5-3-4-6-15(13)16-11-17(22(2)21-16)20-18(23)8-7-14-9-10-19-12-14;/h3-6,11,14,19H,7-10,12H2,1-2H3,(H,20,23);1H. The van der Waals surface area contributed by atoms with Gasteiger partial charge in [-0.25, -0.2) is 0 Å². The Morgan fingerprint density at radius 2 is 2.21 bits per heavy atom. The van der Waals surface area contributed by atoms with E-state index >= 15 is 0 Å². The maximum atomic E-state index is 12.2. The Kier molecular flexibility index (Phi) is 6.40. The Morgan fingerprint density at radius 3 is 2.92 bits per heavy atom. The fraction of sp³-hybridized carbons (Fsp3) is 0.444. The molecule has 0 spiro atoms. The van der Waals surface area contributed by atoms with Gasteiger partial charge in [0.05, 0.1) is 5.69 Å². The fourth-order valence-corrected chi connectivity index (χ4v) is 3.08. The van der Waals surface area contributed by atoms with Crippen molar-refractivity contribution >= 4 is 24.1 Å². The molecule has 1 aliphatic heterocycles. The number of hydrogen-bond donors (Lipinski definition) is 2. The molecule has 6 heteroatoms. The molecule has 1 saturated heterocycles. The third kappa shape index (κ3) is 4.36. The number of carbonyl (C=O) groups is 1. The largest absolute Gasteiger partial charge is 0.316 e. The van der Waals surface area contributed by atoms with Crippen molar-refractivity contribution in [1.29, 1.82) is 0 Å². The summed E-state index contributed by atoms with van der Waals surface area (Å²) in [6.45, 7) is 4.18. The van der Waals surface area contributed by atoms with Crippen LogP contribution in [0.3, 0.4) is 0 Å². The molecule has 0 aliphatic carbocycles. The van der Waals surface area contributed by atoms with E-state index in [1.165, 1.54) is 12.0 Å². The van der Waals surface area contributed by atoms with Gasteiger partial charge < -0.3 is 10.6 Å². The molecule has 1 amide bonds. The number of halogens is 1. The van der Waals surface area contributed by atoms with Gasteiger partial charge in [0.15, 0.2) is 0 Å². The highest BCUT2D eigenvalue weighted by Gasteiger charge is 2.17. The number of aromatic nitrogens is 2. The molecular weight excluding hydrogens is 324 g/mol. The quantitative estimate of drug-likeness (QED) is 0.872. The number of benzene rings is 1. The Morgan fingerprint density at radius 1 is 1.42 bits per heavy atom. The van der Waals surface area contributed by atoms with E-state index in [4.69, 9.17) is 0 Å². The van der Waals surface area contributed by atoms with Crippen LogP contribution in [-0.2, 0) is 11.8 Å². The average molecular weight is 349 g/mol. The molecule has 24 heavy (non-hydrogen) atoms. The average Bonchev–Trinajstić information content (AvgIpc) is 3.16. The highest BCUT2D eigenvalue weighted by atomic mass is 35.5. The van der Waals surface area contributed by atoms with E-state index in [0.717, 1.165) is 36.6 Å². The van der Waals surface area contributed by atoms with Crippen molar-refractivity contribution in [2.24, 2.45) is 13.0 Å². The van der Waals surface area contributed by atoms with Crippen LogP contribution in [0.15, 0.2) is 30.3 Å². The van der Waals surface area contributed by atoms with Crippen LogP contribution in [0.4, 0.5) is 5.82 Å². The van der Waals surface area contributed by atoms with E-state index in [2.05, 4.69) is 34.8 Å². The van der Waals surface area contributed by atoms with E-state index in [-0.39, 0.29) is 18.3 Å². The third-order valence-electron chi connectivity index (χ3n) is 4.51. The van der Waals surface area contributed by atoms with Gasteiger partial charge in [-0.05, 0) is 44.3 Å². The minimum absolute atomic E-state index is 0. The molecule has 0 saturated carbocycles. The van der Waals surface area contributed by atoms with Gasteiger partial charge in [-0.1, -0.05) is 24.3 Å². The normalized spacial score (nSPS) is 16.7. The van der Waals surface area contributed by atoms with Crippen LogP contribution in [0.1, 0.15) is 24.8 Å². The number of rotatable bonds is 5. The van der Waals surface area contributed by atoms with Crippen molar-refractivity contribution in [3.63, 3.8) is 0 Å². The predicted octanol–water partition coefficient (Wildman–Crippen LogP) is 3.15. The molecule has 130 valence electrons. The number of nitrogens with zero attached hydrogens (tertiary/aromatic N) is 2. The molecule has 1 fully saturated rings. The zero-order valence-corrected chi connectivity index (χ0v) is 15.0. The van der Waals surface area contributed by atoms with Crippen LogP contribution in [0, 0.1) is 12.8 Å². The lowest BCUT2D eigenvalue weighted by Gasteiger charge is -2.08. The molecule has 0 bridgehead atoms. The Balaban J connectivity index is 0.00000208. The molecule has 1 aromatic carbocycles. The molecule has 1 atom stereocenters. The van der Waals surface area contributed by atoms with Gasteiger partial charge in [-0.15, -0.1) is 12.4 Å². The summed E-state index contributed by atoms with van der Waals surface area (Å²) in [5, 5.41) is 10.8. The zero-order chi connectivity index (χ0) is 16.2. The number of amides is 1. The topological polar surface area (TPSA) is 59.0 Å². The summed E-state index contributed by atoms with van der Waals surface area (Å²) in [5.74, 6) is 1.45. The molecule has 5 nitrogen and oxygen atoms in total. The molecule has 2 aromatic rings. The Bertz CT molecular complexity index is 692. The second-order valence-electron chi connectivity index (χ2n) is 6.30. The molecule has 1 aromatic heterocycles. The summed E-state index contributed by atoms with van der Waals surface area (Å²) in [5.41, 5.74) is 3.17. The first kappa shape index (κ1) is 18.5. The lowest BCUT2D eigenvalue weighted by Crippen LogP contribution is -2.16. The first-order valence-corrected chi connectivity index (χ1v) is 8.24. The highest BCUT2D eigenvalue weighted by molar-refractivity contribution is 5.90. The van der Waals surface area contributed by atoms with Crippen molar-refractivity contribution in [2.75, 3.05) is 18.4 Å². The van der Waals surface area contributed by atoms with Crippen molar-refractivity contribution in [3.05, 3.63) is 35.9 Å². The van der Waals surface area contributed by atoms with Crippen LogP contribution in [0.25, 0.3) is 11.3 Å². The minimum atomic E-state index is 0. The second-order valence-corrected chi connectivity index (χ2v) is 6.30. The van der Waals surface area contributed by atoms with E-state index in [1.807, 2.05) is 25.2 Å². The van der Waals surface area contributed by atoms with E-state index in [1.54, 1.807) is 4.68 Å². The first-order chi connectivity index (χ1) is 11.1. The minimum Gasteiger partial charge on any atom is -0.316 e. The van der Waals surface area contributed by atoms with Gasteiger partial charge in [0.25, 0.3) is 0 Å². The highest BCUT2D eigenvalue weighted by Crippen LogP contribution is 2.24. The number of aryl methyl sites for hydroxylation is 2. The van der Waals surface area contributed by atoms with Crippen LogP contribution in [0.5, 0.6) is 0 Å². The number of carbonyl (C=O) groups excluding carboxylic acids is 1. The van der Waals surface area contributed by atoms with Gasteiger partial charge >= 0.3 is 0 Å². The zero-order valence-electron chi connectivity index (χ0n) is 14.2. The summed E-state index contributed by atoms with van der Waals surface area (Å²) in [6, 6.07) is 10.1. The van der Waals surface area contributed by atoms with Crippen molar-refractivity contribution in [3.8, 4) is 11.3 Å². The maximum absolute atomic E-state index is 12.2. The molecule has 3 rings (SSSR count). The van der Waals surface area contributed by atoms with Crippen LogP contribution >= 0.6 is 12.4 Å². The molecule has 2 N–H and O–H groups in total. The summed E-state index contributed by atoms with van der Waals surface area (Å²) >= 11 is 0. The van der Waals surface area contributed by atoms with Crippen molar-refractivity contribution in [2.45, 2.75) is 26.2 Å². The number of hydrogen-bond acceptors (Lipinski definition) is 3. The Hall–Kier alpha value is -1.85. The fourth-order valence-electron chi connectivity index (χ4n) is 3.08. The summed E-state index contributed by atoms with van der Waals surface area (Å²) < 4.78 is 1.73. The number of nitrogens with one attached hydrogen (secondary N) is 2. The second kappa shape index (κ2) is 8.31. The molecular formula is C18H25ClN4O. The van der Waals surface area contributed by atoms with E-state index in [0.29, 0.717) is 12.3 Å². The van der Waals surface area contributed by atoms with Crippen molar-refractivity contribution < 1.29 is 4.79 Å². The lowest BCUT2D eigenvalue weighted by atomic mass is 10.0. The third-order valence-corrected chi connectivity index (χ3v) is 4.51. The van der Waals surface area contributed by atoms with Crippen LogP contribution in [0.2, 0.25) is 0 Å². The lowest BCUT2D eigenvalue weighted by molar-refractivity contribution is -0.116. The van der Waals surface area contributed by atoms with Crippen LogP contribution < -0.4 is 10.6 Å². The van der Waals surface area contributed by atoms with Gasteiger partial charge in [0, 0.05) is 25.1 Å². The van der Waals surface area contributed by atoms with Gasteiger partial charge in [0.2, 0.25) is 5.91 Å². The molecule has 0 radical (unpaired) electrons. The SMILES string of the molecule is Cc1ccccc1-c1cc(NC(=O)CCC2CCNC2)n(C)n1.Cl. The monoisotopic (exact) mass is 348 g/mol. The van der Waals surface area contributed by atoms with E-state index in [9.17, 15) is 4.79 Å². The molecule has 1 aliphatic rings.